The summed E-state index contributed by atoms with van der Waals surface area (Å²) in [5.41, 5.74) is 0. The number of pyridine rings is 1. The molecule has 0 saturated carbocycles. The van der Waals surface area contributed by atoms with E-state index in [4.69, 9.17) is 49.4 Å². The van der Waals surface area contributed by atoms with Gasteiger partial charge in [-0.1, -0.05) is 34.8 Å². The fraction of sp³-hybridized carbons (Fsp3) is 0.143. The highest BCUT2D eigenvalue weighted by Crippen LogP contribution is 2.34. The Morgan fingerprint density at radius 2 is 1.95 bits per heavy atom. The molecule has 0 radical (unpaired) electrons. The number of aliphatic carboxylic acids is 1. The smallest absolute Gasteiger partial charge is 0.344 e. The number of carboxylic acids is 1. The SMILES string of the molecule is CC(Oc1cc(Oc2ncc(Cl)cc2Cl)ccc1Cl)C(=O)O. The van der Waals surface area contributed by atoms with Crippen LogP contribution >= 0.6 is 34.8 Å². The third kappa shape index (κ3) is 4.16. The lowest BCUT2D eigenvalue weighted by atomic mass is 10.3. The number of hydrogen-bond donors (Lipinski definition) is 1. The molecule has 8 heteroatoms. The van der Waals surface area contributed by atoms with Gasteiger partial charge >= 0.3 is 5.97 Å². The Morgan fingerprint density at radius 1 is 1.23 bits per heavy atom. The van der Waals surface area contributed by atoms with Crippen molar-refractivity contribution in [3.63, 3.8) is 0 Å². The average molecular weight is 363 g/mol. The van der Waals surface area contributed by atoms with Crippen molar-refractivity contribution in [2.24, 2.45) is 0 Å². The summed E-state index contributed by atoms with van der Waals surface area (Å²) in [6.45, 7) is 1.39. The van der Waals surface area contributed by atoms with E-state index < -0.39 is 12.1 Å². The third-order valence-electron chi connectivity index (χ3n) is 2.54. The second-order valence-corrected chi connectivity index (χ2v) is 5.48. The summed E-state index contributed by atoms with van der Waals surface area (Å²) in [6, 6.07) is 6.04. The molecule has 0 bridgehead atoms. The molecular formula is C14H10Cl3NO4. The molecule has 0 saturated heterocycles. The first-order valence-corrected chi connectivity index (χ1v) is 7.18. The van der Waals surface area contributed by atoms with Crippen molar-refractivity contribution in [1.82, 2.24) is 4.98 Å². The Hall–Kier alpha value is -1.69. The summed E-state index contributed by atoms with van der Waals surface area (Å²) in [4.78, 5) is 14.8. The molecule has 1 aromatic heterocycles. The molecule has 0 aliphatic heterocycles. The molecule has 2 rings (SSSR count). The summed E-state index contributed by atoms with van der Waals surface area (Å²) in [6.07, 6.45) is 0.341. The van der Waals surface area contributed by atoms with Crippen LogP contribution in [0.2, 0.25) is 15.1 Å². The Bertz CT molecular complexity index is 708. The topological polar surface area (TPSA) is 68.7 Å². The maximum atomic E-state index is 10.8. The molecule has 1 atom stereocenters. The predicted octanol–water partition coefficient (Wildman–Crippen LogP) is 4.69. The zero-order valence-corrected chi connectivity index (χ0v) is 13.5. The van der Waals surface area contributed by atoms with E-state index >= 15 is 0 Å². The van der Waals surface area contributed by atoms with Gasteiger partial charge < -0.3 is 14.6 Å². The normalized spacial score (nSPS) is 11.8. The first-order valence-electron chi connectivity index (χ1n) is 6.04. The van der Waals surface area contributed by atoms with Gasteiger partial charge in [-0.15, -0.1) is 0 Å². The molecule has 1 N–H and O–H groups in total. The first kappa shape index (κ1) is 16.7. The molecule has 116 valence electrons. The van der Waals surface area contributed by atoms with Gasteiger partial charge in [0.05, 0.1) is 10.0 Å². The average Bonchev–Trinajstić information content (AvgIpc) is 2.45. The number of ether oxygens (including phenoxy) is 2. The molecule has 2 aromatic rings. The maximum absolute atomic E-state index is 10.8. The standard InChI is InChI=1S/C14H10Cl3NO4/c1-7(14(19)20)21-12-5-9(2-3-10(12)16)22-13-11(17)4-8(15)6-18-13/h2-7H,1H3,(H,19,20). The van der Waals surface area contributed by atoms with Crippen LogP contribution in [0.1, 0.15) is 6.92 Å². The lowest BCUT2D eigenvalue weighted by Crippen LogP contribution is -2.22. The molecule has 1 unspecified atom stereocenters. The van der Waals surface area contributed by atoms with Gasteiger partial charge in [0.15, 0.2) is 6.10 Å². The zero-order chi connectivity index (χ0) is 16.3. The van der Waals surface area contributed by atoms with Gasteiger partial charge in [0, 0.05) is 12.3 Å². The molecule has 0 aliphatic rings. The van der Waals surface area contributed by atoms with E-state index in [1.807, 2.05) is 0 Å². The van der Waals surface area contributed by atoms with Crippen molar-refractivity contribution in [3.05, 3.63) is 45.5 Å². The van der Waals surface area contributed by atoms with Crippen LogP contribution < -0.4 is 9.47 Å². The number of benzene rings is 1. The number of aromatic nitrogens is 1. The van der Waals surface area contributed by atoms with Crippen molar-refractivity contribution in [3.8, 4) is 17.4 Å². The first-order chi connectivity index (χ1) is 10.4. The lowest BCUT2D eigenvalue weighted by molar-refractivity contribution is -0.144. The quantitative estimate of drug-likeness (QED) is 0.836. The van der Waals surface area contributed by atoms with Crippen LogP contribution in [-0.2, 0) is 4.79 Å². The number of hydrogen-bond acceptors (Lipinski definition) is 4. The molecule has 0 amide bonds. The molecule has 5 nitrogen and oxygen atoms in total. The summed E-state index contributed by atoms with van der Waals surface area (Å²) < 4.78 is 10.8. The van der Waals surface area contributed by atoms with Crippen LogP contribution in [0.15, 0.2) is 30.5 Å². The largest absolute Gasteiger partial charge is 0.479 e. The van der Waals surface area contributed by atoms with Gasteiger partial charge in [0.2, 0.25) is 5.88 Å². The molecule has 22 heavy (non-hydrogen) atoms. The molecular weight excluding hydrogens is 353 g/mol. The zero-order valence-electron chi connectivity index (χ0n) is 11.2. The van der Waals surface area contributed by atoms with E-state index in [0.29, 0.717) is 10.8 Å². The Kier molecular flexibility index (Phi) is 5.34. The highest BCUT2D eigenvalue weighted by molar-refractivity contribution is 6.35. The third-order valence-corrected chi connectivity index (χ3v) is 3.33. The van der Waals surface area contributed by atoms with Crippen LogP contribution in [0.5, 0.6) is 17.4 Å². The van der Waals surface area contributed by atoms with Crippen LogP contribution in [0.3, 0.4) is 0 Å². The van der Waals surface area contributed by atoms with E-state index in [-0.39, 0.29) is 21.7 Å². The van der Waals surface area contributed by atoms with Gasteiger partial charge in [-0.05, 0) is 25.1 Å². The maximum Gasteiger partial charge on any atom is 0.344 e. The predicted molar refractivity (Wildman–Crippen MR) is 83.5 cm³/mol. The van der Waals surface area contributed by atoms with Gasteiger partial charge in [-0.2, -0.15) is 0 Å². The Labute approximate surface area is 141 Å². The Balaban J connectivity index is 2.23. The fourth-order valence-corrected chi connectivity index (χ4v) is 2.05. The van der Waals surface area contributed by atoms with Crippen molar-refractivity contribution < 1.29 is 19.4 Å². The molecule has 0 fully saturated rings. The molecule has 0 aliphatic carbocycles. The van der Waals surface area contributed by atoms with Crippen LogP contribution in [0.4, 0.5) is 0 Å². The van der Waals surface area contributed by atoms with Crippen molar-refractivity contribution in [1.29, 1.82) is 0 Å². The fourth-order valence-electron chi connectivity index (χ4n) is 1.47. The highest BCUT2D eigenvalue weighted by atomic mass is 35.5. The Morgan fingerprint density at radius 3 is 2.59 bits per heavy atom. The lowest BCUT2D eigenvalue weighted by Gasteiger charge is -2.13. The van der Waals surface area contributed by atoms with E-state index in [1.54, 1.807) is 6.07 Å². The number of rotatable bonds is 5. The summed E-state index contributed by atoms with van der Waals surface area (Å²) in [5, 5.41) is 9.74. The van der Waals surface area contributed by atoms with Crippen LogP contribution in [0, 0.1) is 0 Å². The van der Waals surface area contributed by atoms with Crippen molar-refractivity contribution in [2.45, 2.75) is 13.0 Å². The van der Waals surface area contributed by atoms with Crippen molar-refractivity contribution in [2.75, 3.05) is 0 Å². The van der Waals surface area contributed by atoms with Gasteiger partial charge in [-0.25, -0.2) is 9.78 Å². The minimum Gasteiger partial charge on any atom is -0.479 e. The van der Waals surface area contributed by atoms with E-state index in [2.05, 4.69) is 4.98 Å². The number of nitrogens with zero attached hydrogens (tertiary/aromatic N) is 1. The molecule has 1 heterocycles. The second-order valence-electron chi connectivity index (χ2n) is 4.23. The number of carboxylic acid groups (broad SMARTS) is 1. The monoisotopic (exact) mass is 361 g/mol. The van der Waals surface area contributed by atoms with Gasteiger partial charge in [0.1, 0.15) is 16.5 Å². The molecule has 1 aromatic carbocycles. The number of carbonyl (C=O) groups is 1. The summed E-state index contributed by atoms with van der Waals surface area (Å²) in [5.74, 6) is -0.428. The molecule has 0 spiro atoms. The van der Waals surface area contributed by atoms with E-state index in [9.17, 15) is 4.79 Å². The van der Waals surface area contributed by atoms with Gasteiger partial charge in [-0.3, -0.25) is 0 Å². The summed E-state index contributed by atoms with van der Waals surface area (Å²) >= 11 is 17.7. The van der Waals surface area contributed by atoms with Crippen LogP contribution in [0.25, 0.3) is 0 Å². The minimum absolute atomic E-state index is 0.158. The number of halogens is 3. The van der Waals surface area contributed by atoms with Crippen molar-refractivity contribution >= 4 is 40.8 Å². The van der Waals surface area contributed by atoms with E-state index in [0.717, 1.165) is 0 Å². The van der Waals surface area contributed by atoms with Gasteiger partial charge in [0.25, 0.3) is 0 Å². The minimum atomic E-state index is -1.11. The second kappa shape index (κ2) is 7.05. The van der Waals surface area contributed by atoms with E-state index in [1.165, 1.54) is 31.3 Å². The summed E-state index contributed by atoms with van der Waals surface area (Å²) in [7, 11) is 0. The highest BCUT2D eigenvalue weighted by Gasteiger charge is 2.15. The van der Waals surface area contributed by atoms with Crippen LogP contribution in [-0.4, -0.2) is 22.2 Å².